The quantitative estimate of drug-likeness (QED) is 0.771. The van der Waals surface area contributed by atoms with E-state index in [1.165, 1.54) is 0 Å². The lowest BCUT2D eigenvalue weighted by Crippen LogP contribution is -2.44. The molecule has 0 aliphatic rings. The van der Waals surface area contributed by atoms with Gasteiger partial charge in [0, 0.05) is 13.2 Å². The minimum atomic E-state index is -0.360. The second-order valence-electron chi connectivity index (χ2n) is 4.21. The number of aromatic nitrogens is 1. The predicted molar refractivity (Wildman–Crippen MR) is 59.7 cm³/mol. The Morgan fingerprint density at radius 3 is 2.60 bits per heavy atom. The van der Waals surface area contributed by atoms with Gasteiger partial charge >= 0.3 is 0 Å². The van der Waals surface area contributed by atoms with Crippen LogP contribution >= 0.6 is 0 Å². The molecule has 0 unspecified atom stereocenters. The summed E-state index contributed by atoms with van der Waals surface area (Å²) in [4.78, 5) is 6.10. The van der Waals surface area contributed by atoms with Crippen molar-refractivity contribution in [3.63, 3.8) is 0 Å². The van der Waals surface area contributed by atoms with E-state index in [0.29, 0.717) is 0 Å². The molecule has 0 spiro atoms. The molecule has 0 radical (unpaired) electrons. The third kappa shape index (κ3) is 2.67. The van der Waals surface area contributed by atoms with Gasteiger partial charge in [-0.05, 0) is 31.5 Å². The molecule has 0 bridgehead atoms. The van der Waals surface area contributed by atoms with Gasteiger partial charge in [-0.15, -0.1) is 0 Å². The van der Waals surface area contributed by atoms with Gasteiger partial charge in [-0.3, -0.25) is 0 Å². The SMILES string of the molecule is CN(c1cc(CO)ccn1)C(C)(C)CO. The van der Waals surface area contributed by atoms with E-state index < -0.39 is 0 Å². The first-order valence-electron chi connectivity index (χ1n) is 4.92. The van der Waals surface area contributed by atoms with Gasteiger partial charge in [-0.2, -0.15) is 0 Å². The number of aliphatic hydroxyl groups is 2. The van der Waals surface area contributed by atoms with Crippen LogP contribution in [0.2, 0.25) is 0 Å². The molecule has 84 valence electrons. The fourth-order valence-electron chi connectivity index (χ4n) is 1.16. The van der Waals surface area contributed by atoms with Crippen LogP contribution in [-0.4, -0.2) is 34.4 Å². The average Bonchev–Trinajstić information content (AvgIpc) is 2.28. The number of rotatable bonds is 4. The van der Waals surface area contributed by atoms with Crippen LogP contribution in [-0.2, 0) is 6.61 Å². The molecule has 0 saturated carbocycles. The minimum absolute atomic E-state index is 0.00289. The molecule has 1 heterocycles. The first-order valence-corrected chi connectivity index (χ1v) is 4.92. The van der Waals surface area contributed by atoms with E-state index >= 15 is 0 Å². The van der Waals surface area contributed by atoms with Crippen LogP contribution in [0.3, 0.4) is 0 Å². The first kappa shape index (κ1) is 11.9. The molecule has 1 aromatic heterocycles. The zero-order valence-corrected chi connectivity index (χ0v) is 9.44. The minimum Gasteiger partial charge on any atom is -0.394 e. The third-order valence-electron chi connectivity index (χ3n) is 2.63. The summed E-state index contributed by atoms with van der Waals surface area (Å²) in [5, 5.41) is 18.2. The molecular formula is C11H18N2O2. The van der Waals surface area contributed by atoms with Crippen LogP contribution in [0.25, 0.3) is 0 Å². The topological polar surface area (TPSA) is 56.6 Å². The molecule has 0 aliphatic carbocycles. The highest BCUT2D eigenvalue weighted by molar-refractivity contribution is 5.42. The molecule has 0 aliphatic heterocycles. The monoisotopic (exact) mass is 210 g/mol. The molecule has 0 atom stereocenters. The van der Waals surface area contributed by atoms with Gasteiger partial charge < -0.3 is 15.1 Å². The molecule has 2 N–H and O–H groups in total. The standard InChI is InChI=1S/C11H18N2O2/c1-11(2,8-15)13(3)10-6-9(7-14)4-5-12-10/h4-6,14-15H,7-8H2,1-3H3. The van der Waals surface area contributed by atoms with Crippen molar-refractivity contribution in [3.05, 3.63) is 23.9 Å². The van der Waals surface area contributed by atoms with E-state index in [0.717, 1.165) is 11.4 Å². The summed E-state index contributed by atoms with van der Waals surface area (Å²) in [5.41, 5.74) is 0.460. The van der Waals surface area contributed by atoms with Crippen LogP contribution < -0.4 is 4.90 Å². The summed E-state index contributed by atoms with van der Waals surface area (Å²) in [7, 11) is 1.87. The smallest absolute Gasteiger partial charge is 0.129 e. The van der Waals surface area contributed by atoms with Crippen molar-refractivity contribution in [1.29, 1.82) is 0 Å². The van der Waals surface area contributed by atoms with E-state index in [4.69, 9.17) is 5.11 Å². The van der Waals surface area contributed by atoms with Crippen LogP contribution in [0.15, 0.2) is 18.3 Å². The van der Waals surface area contributed by atoms with Crippen LogP contribution in [0.1, 0.15) is 19.4 Å². The van der Waals surface area contributed by atoms with Gasteiger partial charge in [0.1, 0.15) is 5.82 Å². The lowest BCUT2D eigenvalue weighted by atomic mass is 10.1. The Morgan fingerprint density at radius 2 is 2.07 bits per heavy atom. The Morgan fingerprint density at radius 1 is 1.40 bits per heavy atom. The maximum atomic E-state index is 9.23. The Kier molecular flexibility index (Phi) is 3.66. The summed E-state index contributed by atoms with van der Waals surface area (Å²) in [6, 6.07) is 3.58. The second-order valence-corrected chi connectivity index (χ2v) is 4.21. The molecule has 4 nitrogen and oxygen atoms in total. The van der Waals surface area contributed by atoms with Gasteiger partial charge in [-0.1, -0.05) is 0 Å². The third-order valence-corrected chi connectivity index (χ3v) is 2.63. The summed E-state index contributed by atoms with van der Waals surface area (Å²) in [6.07, 6.45) is 1.66. The van der Waals surface area contributed by atoms with E-state index in [2.05, 4.69) is 4.98 Å². The van der Waals surface area contributed by atoms with Gasteiger partial charge in [0.05, 0.1) is 18.8 Å². The molecule has 0 fully saturated rings. The number of anilines is 1. The first-order chi connectivity index (χ1) is 7.01. The molecule has 0 saturated heterocycles. The second kappa shape index (κ2) is 4.59. The molecule has 4 heteroatoms. The van der Waals surface area contributed by atoms with E-state index in [-0.39, 0.29) is 18.8 Å². The summed E-state index contributed by atoms with van der Waals surface area (Å²) in [6.45, 7) is 3.91. The number of hydrogen-bond acceptors (Lipinski definition) is 4. The van der Waals surface area contributed by atoms with Crippen molar-refractivity contribution in [3.8, 4) is 0 Å². The molecule has 15 heavy (non-hydrogen) atoms. The van der Waals surface area contributed by atoms with Gasteiger partial charge in [0.2, 0.25) is 0 Å². The number of aliphatic hydroxyl groups excluding tert-OH is 2. The molecule has 1 rings (SSSR count). The summed E-state index contributed by atoms with van der Waals surface area (Å²) >= 11 is 0. The Hall–Kier alpha value is -1.13. The van der Waals surface area contributed by atoms with Crippen molar-refractivity contribution < 1.29 is 10.2 Å². The highest BCUT2D eigenvalue weighted by Gasteiger charge is 2.23. The highest BCUT2D eigenvalue weighted by Crippen LogP contribution is 2.20. The lowest BCUT2D eigenvalue weighted by Gasteiger charge is -2.35. The maximum absolute atomic E-state index is 9.23. The predicted octanol–water partition coefficient (Wildman–Crippen LogP) is 0.781. The zero-order chi connectivity index (χ0) is 11.5. The normalized spacial score (nSPS) is 11.5. The number of pyridine rings is 1. The van der Waals surface area contributed by atoms with Crippen molar-refractivity contribution in [2.24, 2.45) is 0 Å². The van der Waals surface area contributed by atoms with Crippen molar-refractivity contribution in [1.82, 2.24) is 4.98 Å². The van der Waals surface area contributed by atoms with E-state index in [1.807, 2.05) is 31.9 Å². The maximum Gasteiger partial charge on any atom is 0.129 e. The fourth-order valence-corrected chi connectivity index (χ4v) is 1.16. The highest BCUT2D eigenvalue weighted by atomic mass is 16.3. The van der Waals surface area contributed by atoms with Crippen molar-refractivity contribution in [2.75, 3.05) is 18.6 Å². The Balaban J connectivity index is 2.95. The molecule has 1 aromatic rings. The zero-order valence-electron chi connectivity index (χ0n) is 9.44. The number of hydrogen-bond donors (Lipinski definition) is 2. The fraction of sp³-hybridized carbons (Fsp3) is 0.545. The molecule has 0 aromatic carbocycles. The summed E-state index contributed by atoms with van der Waals surface area (Å²) < 4.78 is 0. The Labute approximate surface area is 90.2 Å². The number of likely N-dealkylation sites (N-methyl/N-ethyl adjacent to an activating group) is 1. The van der Waals surface area contributed by atoms with Crippen LogP contribution in [0.4, 0.5) is 5.82 Å². The largest absolute Gasteiger partial charge is 0.394 e. The molecular weight excluding hydrogens is 192 g/mol. The van der Waals surface area contributed by atoms with Crippen molar-refractivity contribution in [2.45, 2.75) is 26.0 Å². The van der Waals surface area contributed by atoms with E-state index in [1.54, 1.807) is 12.3 Å². The van der Waals surface area contributed by atoms with Crippen LogP contribution in [0.5, 0.6) is 0 Å². The molecule has 0 amide bonds. The number of nitrogens with zero attached hydrogens (tertiary/aromatic N) is 2. The van der Waals surface area contributed by atoms with Gasteiger partial charge in [-0.25, -0.2) is 4.98 Å². The average molecular weight is 210 g/mol. The van der Waals surface area contributed by atoms with Crippen LogP contribution in [0, 0.1) is 0 Å². The summed E-state index contributed by atoms with van der Waals surface area (Å²) in [5.74, 6) is 0.751. The Bertz CT molecular complexity index is 326. The lowest BCUT2D eigenvalue weighted by molar-refractivity contribution is 0.215. The van der Waals surface area contributed by atoms with Crippen molar-refractivity contribution >= 4 is 5.82 Å². The van der Waals surface area contributed by atoms with Gasteiger partial charge in [0.15, 0.2) is 0 Å². The van der Waals surface area contributed by atoms with Gasteiger partial charge in [0.25, 0.3) is 0 Å². The van der Waals surface area contributed by atoms with E-state index in [9.17, 15) is 5.11 Å².